The van der Waals surface area contributed by atoms with Crippen molar-refractivity contribution in [3.8, 4) is 0 Å². The molecule has 0 saturated carbocycles. The number of benzene rings is 1. The molecule has 1 N–H and O–H groups in total. The smallest absolute Gasteiger partial charge is 0.337 e. The summed E-state index contributed by atoms with van der Waals surface area (Å²) in [6.07, 6.45) is 3.43. The van der Waals surface area contributed by atoms with E-state index < -0.39 is 11.9 Å². The maximum absolute atomic E-state index is 12.1. The molecule has 126 valence electrons. The molecule has 2 aromatic rings. The molecule has 1 aromatic carbocycles. The summed E-state index contributed by atoms with van der Waals surface area (Å²) in [6, 6.07) is 6.05. The molecule has 0 aliphatic heterocycles. The molecular weight excluding hydrogens is 314 g/mol. The van der Waals surface area contributed by atoms with Crippen LogP contribution < -0.4 is 10.4 Å². The number of ether oxygens (including phenoxy) is 1. The fraction of sp³-hybridized carbons (Fsp3) is 0.250. The Kier molecular flexibility index (Phi) is 5.67. The zero-order valence-corrected chi connectivity index (χ0v) is 13.0. The molecule has 0 atom stereocenters. The molecule has 0 unspecified atom stereocenters. The molecule has 8 heteroatoms. The van der Waals surface area contributed by atoms with Crippen molar-refractivity contribution in [2.45, 2.75) is 19.4 Å². The van der Waals surface area contributed by atoms with Crippen molar-refractivity contribution in [1.29, 1.82) is 0 Å². The number of hydrogen-bond donors (Lipinski definition) is 1. The summed E-state index contributed by atoms with van der Waals surface area (Å²) in [6.45, 7) is 0.414. The number of esters is 1. The third kappa shape index (κ3) is 4.67. The number of aromatic nitrogens is 2. The maximum atomic E-state index is 12.1. The molecule has 0 radical (unpaired) electrons. The van der Waals surface area contributed by atoms with Crippen molar-refractivity contribution in [3.05, 3.63) is 47.8 Å². The topological polar surface area (TPSA) is 113 Å². The number of carbonyl (C=O) groups is 3. The number of carboxylic acids is 1. The Hall–Kier alpha value is -3.16. The highest BCUT2D eigenvalue weighted by Crippen LogP contribution is 2.11. The van der Waals surface area contributed by atoms with E-state index in [-0.39, 0.29) is 12.3 Å². The number of methoxy groups -OCH3 is 1. The second-order valence-corrected chi connectivity index (χ2v) is 4.99. The molecule has 8 nitrogen and oxygen atoms in total. The van der Waals surface area contributed by atoms with E-state index in [1.807, 2.05) is 0 Å². The number of aryl methyl sites for hydroxylation is 1. The monoisotopic (exact) mass is 330 g/mol. The minimum Gasteiger partial charge on any atom is -0.550 e. The van der Waals surface area contributed by atoms with Gasteiger partial charge in [0, 0.05) is 24.3 Å². The molecule has 1 aromatic heterocycles. The van der Waals surface area contributed by atoms with Gasteiger partial charge in [0.05, 0.1) is 24.6 Å². The Morgan fingerprint density at radius 3 is 2.50 bits per heavy atom. The Bertz CT molecular complexity index is 736. The lowest BCUT2D eigenvalue weighted by Gasteiger charge is -2.04. The van der Waals surface area contributed by atoms with Crippen molar-refractivity contribution >= 4 is 23.5 Å². The first-order valence-corrected chi connectivity index (χ1v) is 7.21. The Morgan fingerprint density at radius 1 is 1.21 bits per heavy atom. The van der Waals surface area contributed by atoms with Crippen LogP contribution in [0.25, 0.3) is 0 Å². The van der Waals surface area contributed by atoms with Gasteiger partial charge in [0.2, 0.25) is 0 Å². The summed E-state index contributed by atoms with van der Waals surface area (Å²) in [4.78, 5) is 33.8. The summed E-state index contributed by atoms with van der Waals surface area (Å²) >= 11 is 0. The molecule has 0 aliphatic rings. The second-order valence-electron chi connectivity index (χ2n) is 4.99. The first-order valence-electron chi connectivity index (χ1n) is 7.21. The van der Waals surface area contributed by atoms with Gasteiger partial charge in [-0.1, -0.05) is 0 Å². The van der Waals surface area contributed by atoms with Gasteiger partial charge in [-0.05, 0) is 37.1 Å². The van der Waals surface area contributed by atoms with Crippen LogP contribution in [-0.4, -0.2) is 34.7 Å². The van der Waals surface area contributed by atoms with Crippen LogP contribution in [0.2, 0.25) is 0 Å². The van der Waals surface area contributed by atoms with Gasteiger partial charge in [0.15, 0.2) is 0 Å². The number of anilines is 1. The predicted octanol–water partition coefficient (Wildman–Crippen LogP) is 0.452. The number of carboxylic acid groups (broad SMARTS) is 1. The molecule has 2 rings (SSSR count). The molecule has 0 aliphatic carbocycles. The number of hydrogen-bond acceptors (Lipinski definition) is 6. The van der Waals surface area contributed by atoms with Crippen LogP contribution >= 0.6 is 0 Å². The lowest BCUT2D eigenvalue weighted by atomic mass is 10.1. The van der Waals surface area contributed by atoms with Gasteiger partial charge in [-0.15, -0.1) is 0 Å². The molecule has 1 heterocycles. The third-order valence-corrected chi connectivity index (χ3v) is 3.23. The largest absolute Gasteiger partial charge is 0.550 e. The first-order chi connectivity index (χ1) is 11.5. The van der Waals surface area contributed by atoms with E-state index in [1.54, 1.807) is 10.9 Å². The van der Waals surface area contributed by atoms with Crippen molar-refractivity contribution < 1.29 is 24.2 Å². The molecule has 0 saturated heterocycles. The van der Waals surface area contributed by atoms with E-state index in [2.05, 4.69) is 15.2 Å². The molecular formula is C16H16N3O5-. The maximum Gasteiger partial charge on any atom is 0.337 e. The van der Waals surface area contributed by atoms with Crippen LogP contribution in [-0.2, 0) is 16.1 Å². The fourth-order valence-corrected chi connectivity index (χ4v) is 2.01. The van der Waals surface area contributed by atoms with Crippen LogP contribution in [0, 0.1) is 0 Å². The standard InChI is InChI=1S/C16H17N3O5/c1-24-16(23)12-6-4-11(5-7-12)15(22)18-13-9-17-19(10-13)8-2-3-14(20)21/h4-7,9-10H,2-3,8H2,1H3,(H,18,22)(H,20,21)/p-1. The van der Waals surface area contributed by atoms with Gasteiger partial charge >= 0.3 is 5.97 Å². The van der Waals surface area contributed by atoms with E-state index in [0.29, 0.717) is 29.8 Å². The summed E-state index contributed by atoms with van der Waals surface area (Å²) < 4.78 is 6.13. The first kappa shape index (κ1) is 17.2. The van der Waals surface area contributed by atoms with Crippen molar-refractivity contribution in [1.82, 2.24) is 9.78 Å². The highest BCUT2D eigenvalue weighted by Gasteiger charge is 2.10. The second kappa shape index (κ2) is 7.91. The predicted molar refractivity (Wildman–Crippen MR) is 82.2 cm³/mol. The quantitative estimate of drug-likeness (QED) is 0.738. The van der Waals surface area contributed by atoms with Crippen molar-refractivity contribution in [2.75, 3.05) is 12.4 Å². The van der Waals surface area contributed by atoms with Gasteiger partial charge < -0.3 is 20.0 Å². The highest BCUT2D eigenvalue weighted by molar-refractivity contribution is 6.04. The fourth-order valence-electron chi connectivity index (χ4n) is 2.01. The molecule has 0 bridgehead atoms. The number of nitrogens with zero attached hydrogens (tertiary/aromatic N) is 2. The number of aliphatic carboxylic acids is 1. The van der Waals surface area contributed by atoms with E-state index >= 15 is 0 Å². The lowest BCUT2D eigenvalue weighted by Crippen LogP contribution is -2.22. The van der Waals surface area contributed by atoms with Gasteiger partial charge in [0.1, 0.15) is 0 Å². The normalized spacial score (nSPS) is 10.2. The Morgan fingerprint density at radius 2 is 1.88 bits per heavy atom. The van der Waals surface area contributed by atoms with Crippen molar-refractivity contribution in [2.24, 2.45) is 0 Å². The molecule has 0 fully saturated rings. The SMILES string of the molecule is COC(=O)c1ccc(C(=O)Nc2cnn(CCCC(=O)[O-])c2)cc1. The van der Waals surface area contributed by atoms with Gasteiger partial charge in [-0.25, -0.2) is 4.79 Å². The zero-order valence-electron chi connectivity index (χ0n) is 13.0. The Labute approximate surface area is 138 Å². The summed E-state index contributed by atoms with van der Waals surface area (Å²) in [5, 5.41) is 17.1. The third-order valence-electron chi connectivity index (χ3n) is 3.23. The van der Waals surface area contributed by atoms with Crippen LogP contribution in [0.5, 0.6) is 0 Å². The van der Waals surface area contributed by atoms with E-state index in [9.17, 15) is 19.5 Å². The molecule has 1 amide bonds. The number of amides is 1. The number of rotatable bonds is 7. The van der Waals surface area contributed by atoms with E-state index in [4.69, 9.17) is 0 Å². The summed E-state index contributed by atoms with van der Waals surface area (Å²) in [5.74, 6) is -1.92. The lowest BCUT2D eigenvalue weighted by molar-refractivity contribution is -0.305. The average molecular weight is 330 g/mol. The van der Waals surface area contributed by atoms with Crippen LogP contribution in [0.3, 0.4) is 0 Å². The van der Waals surface area contributed by atoms with Crippen molar-refractivity contribution in [3.63, 3.8) is 0 Å². The summed E-state index contributed by atoms with van der Waals surface area (Å²) in [7, 11) is 1.29. The minimum atomic E-state index is -1.11. The molecule has 24 heavy (non-hydrogen) atoms. The zero-order chi connectivity index (χ0) is 17.5. The summed E-state index contributed by atoms with van der Waals surface area (Å²) in [5.41, 5.74) is 1.23. The average Bonchev–Trinajstić information content (AvgIpc) is 3.01. The van der Waals surface area contributed by atoms with E-state index in [1.165, 1.54) is 37.6 Å². The van der Waals surface area contributed by atoms with Crippen LogP contribution in [0.4, 0.5) is 5.69 Å². The van der Waals surface area contributed by atoms with Crippen LogP contribution in [0.15, 0.2) is 36.7 Å². The van der Waals surface area contributed by atoms with Gasteiger partial charge in [0.25, 0.3) is 5.91 Å². The number of carbonyl (C=O) groups excluding carboxylic acids is 3. The number of nitrogens with one attached hydrogen (secondary N) is 1. The molecule has 0 spiro atoms. The Balaban J connectivity index is 1.93. The minimum absolute atomic E-state index is 0.0475. The van der Waals surface area contributed by atoms with Crippen LogP contribution in [0.1, 0.15) is 33.6 Å². The van der Waals surface area contributed by atoms with E-state index in [0.717, 1.165) is 0 Å². The van der Waals surface area contributed by atoms with Gasteiger partial charge in [-0.3, -0.25) is 9.48 Å². The highest BCUT2D eigenvalue weighted by atomic mass is 16.5. The van der Waals surface area contributed by atoms with Gasteiger partial charge in [-0.2, -0.15) is 5.10 Å².